The third-order valence-corrected chi connectivity index (χ3v) is 10.5. The molecule has 0 bridgehead atoms. The molecule has 334 valence electrons. The van der Waals surface area contributed by atoms with Gasteiger partial charge in [0.05, 0.1) is 38.1 Å². The fourth-order valence-corrected chi connectivity index (χ4v) is 7.12. The first-order valence-electron chi connectivity index (χ1n) is 21.4. The Labute approximate surface area is 359 Å². The van der Waals surface area contributed by atoms with Crippen molar-refractivity contribution in [3.05, 3.63) is 71.8 Å². The smallest absolute Gasteiger partial charge is 0.303 e. The number of carboxylic acids is 1. The van der Waals surface area contributed by atoms with E-state index in [4.69, 9.17) is 14.6 Å². The summed E-state index contributed by atoms with van der Waals surface area (Å²) in [4.78, 5) is 81.7. The van der Waals surface area contributed by atoms with Crippen molar-refractivity contribution in [1.29, 1.82) is 0 Å². The number of nitrogens with one attached hydrogen (secondary N) is 5. The van der Waals surface area contributed by atoms with Gasteiger partial charge in [0, 0.05) is 32.4 Å². The minimum atomic E-state index is -1.09. The second kappa shape index (κ2) is 24.3. The Morgan fingerprint density at radius 1 is 0.721 bits per heavy atom. The first kappa shape index (κ1) is 48.5. The van der Waals surface area contributed by atoms with E-state index in [1.54, 1.807) is 0 Å². The number of aliphatic carboxylic acids is 1. The van der Waals surface area contributed by atoms with Crippen molar-refractivity contribution >= 4 is 41.2 Å². The number of nitrogens with zero attached hydrogens (tertiary/aromatic N) is 2. The number of benzene rings is 2. The zero-order valence-corrected chi connectivity index (χ0v) is 36.2. The zero-order valence-electron chi connectivity index (χ0n) is 36.2. The molecule has 2 heterocycles. The van der Waals surface area contributed by atoms with E-state index >= 15 is 0 Å². The number of hydrazone groups is 1. The van der Waals surface area contributed by atoms with Gasteiger partial charge in [-0.15, -0.1) is 0 Å². The number of ether oxygens (including phenoxy) is 2. The normalized spacial score (nSPS) is 18.6. The average Bonchev–Trinajstić information content (AvgIpc) is 3.96. The molecule has 0 spiro atoms. The largest absolute Gasteiger partial charge is 0.481 e. The van der Waals surface area contributed by atoms with Gasteiger partial charge in [-0.05, 0) is 62.0 Å². The lowest BCUT2D eigenvalue weighted by Gasteiger charge is -2.29. The molecular formula is C45H65N7O9. The molecule has 5 atom stereocenters. The number of rotatable bonds is 25. The first-order chi connectivity index (χ1) is 29.1. The molecule has 2 aliphatic heterocycles. The van der Waals surface area contributed by atoms with Crippen LogP contribution in [0.15, 0.2) is 65.8 Å². The summed E-state index contributed by atoms with van der Waals surface area (Å²) in [6.45, 7) is 12.3. The van der Waals surface area contributed by atoms with Crippen molar-refractivity contribution in [2.24, 2.45) is 16.9 Å². The summed E-state index contributed by atoms with van der Waals surface area (Å²) in [5.74, 6) is -3.29. The van der Waals surface area contributed by atoms with Gasteiger partial charge in [-0.3, -0.25) is 33.7 Å². The maximum atomic E-state index is 14.4. The first-order valence-corrected chi connectivity index (χ1v) is 21.4. The van der Waals surface area contributed by atoms with Crippen LogP contribution in [0.25, 0.3) is 0 Å². The third-order valence-electron chi connectivity index (χ3n) is 10.5. The van der Waals surface area contributed by atoms with Gasteiger partial charge in [-0.2, -0.15) is 5.10 Å². The lowest BCUT2D eigenvalue weighted by molar-refractivity contribution is -0.137. The number of carbonyl (C=O) groups is 6. The number of epoxide rings is 1. The molecule has 0 unspecified atom stereocenters. The Balaban J connectivity index is 1.55. The standard InChI is InChI=1S/C45H65N7O9/c1-30(2)25-35(41(45(5)29-61-45)51-50-38(53)17-12-18-40(55)56)47-44(59)37(27-33-15-10-7-11-16-33)49-43(58)36(26-31(3)4)48-42(57)34(20-19-32-13-8-6-9-14-32)46-39(54)28-52-21-23-60-24-22-52/h6-11,13-16,30-31,34-37H,12,17-29H2,1-5H3,(H,46,54)(H,47,59)(H,48,57)(H,49,58)(H,50,53)(H,55,56)/b51-41-/t34-,35-,36-,37-,45+/m0/s1. The molecule has 5 amide bonds. The van der Waals surface area contributed by atoms with Crippen LogP contribution < -0.4 is 26.7 Å². The lowest BCUT2D eigenvalue weighted by atomic mass is 9.92. The Bertz CT molecular complexity index is 1780. The molecule has 0 aromatic heterocycles. The van der Waals surface area contributed by atoms with Crippen LogP contribution in [0.3, 0.4) is 0 Å². The number of carbonyl (C=O) groups excluding carboxylic acids is 5. The van der Waals surface area contributed by atoms with Gasteiger partial charge in [-0.1, -0.05) is 88.4 Å². The van der Waals surface area contributed by atoms with Crippen LogP contribution >= 0.6 is 0 Å². The van der Waals surface area contributed by atoms with E-state index in [1.165, 1.54) is 0 Å². The molecule has 4 rings (SSSR count). The summed E-state index contributed by atoms with van der Waals surface area (Å²) >= 11 is 0. The van der Waals surface area contributed by atoms with E-state index in [9.17, 15) is 28.8 Å². The minimum Gasteiger partial charge on any atom is -0.481 e. The second-order valence-corrected chi connectivity index (χ2v) is 17.0. The number of hydrogen-bond acceptors (Lipinski definition) is 10. The summed E-state index contributed by atoms with van der Waals surface area (Å²) in [5.41, 5.74) is 3.85. The molecule has 0 saturated carbocycles. The number of hydrogen-bond donors (Lipinski definition) is 6. The van der Waals surface area contributed by atoms with Crippen molar-refractivity contribution in [3.63, 3.8) is 0 Å². The molecule has 2 aromatic carbocycles. The Morgan fingerprint density at radius 2 is 1.26 bits per heavy atom. The average molecular weight is 848 g/mol. The maximum Gasteiger partial charge on any atom is 0.303 e. The van der Waals surface area contributed by atoms with E-state index in [1.807, 2.05) is 100 Å². The van der Waals surface area contributed by atoms with Gasteiger partial charge in [0.15, 0.2) is 0 Å². The molecule has 2 saturated heterocycles. The monoisotopic (exact) mass is 847 g/mol. The van der Waals surface area contributed by atoms with Crippen molar-refractivity contribution in [3.8, 4) is 0 Å². The Hall–Kier alpha value is -5.19. The topological polar surface area (TPSA) is 220 Å². The molecule has 0 radical (unpaired) electrons. The van der Waals surface area contributed by atoms with Crippen molar-refractivity contribution in [1.82, 2.24) is 31.6 Å². The number of morpholine rings is 1. The highest BCUT2D eigenvalue weighted by molar-refractivity contribution is 6.02. The third kappa shape index (κ3) is 17.4. The zero-order chi connectivity index (χ0) is 44.4. The van der Waals surface area contributed by atoms with Crippen LogP contribution in [0.4, 0.5) is 0 Å². The minimum absolute atomic E-state index is 0.0241. The molecule has 16 nitrogen and oxygen atoms in total. The van der Waals surface area contributed by atoms with E-state index in [0.29, 0.717) is 57.9 Å². The quantitative estimate of drug-likeness (QED) is 0.0488. The highest BCUT2D eigenvalue weighted by Gasteiger charge is 2.49. The van der Waals surface area contributed by atoms with E-state index < -0.39 is 59.4 Å². The van der Waals surface area contributed by atoms with E-state index in [-0.39, 0.29) is 56.4 Å². The predicted molar refractivity (Wildman–Crippen MR) is 230 cm³/mol. The van der Waals surface area contributed by atoms with Gasteiger partial charge >= 0.3 is 5.97 Å². The molecule has 16 heteroatoms. The van der Waals surface area contributed by atoms with Crippen LogP contribution in [-0.4, -0.2) is 120 Å². The van der Waals surface area contributed by atoms with Crippen LogP contribution in [-0.2, 0) is 51.1 Å². The second-order valence-electron chi connectivity index (χ2n) is 17.0. The van der Waals surface area contributed by atoms with Crippen molar-refractivity contribution in [2.75, 3.05) is 39.5 Å². The van der Waals surface area contributed by atoms with Crippen LogP contribution in [0.5, 0.6) is 0 Å². The van der Waals surface area contributed by atoms with Crippen LogP contribution in [0, 0.1) is 11.8 Å². The van der Waals surface area contributed by atoms with E-state index in [2.05, 4.69) is 31.8 Å². The van der Waals surface area contributed by atoms with E-state index in [0.717, 1.165) is 11.1 Å². The van der Waals surface area contributed by atoms with Gasteiger partial charge in [0.25, 0.3) is 0 Å². The highest BCUT2D eigenvalue weighted by Crippen LogP contribution is 2.31. The van der Waals surface area contributed by atoms with Crippen LogP contribution in [0.1, 0.15) is 84.3 Å². The SMILES string of the molecule is CC(C)C[C@H](NC(=O)[C@H](CCc1ccccc1)NC(=O)CN1CCOCC1)C(=O)N[C@@H](Cc1ccccc1)C(=O)N[C@@H](CC(C)C)/C(=N/NC(=O)CCCC(=O)O)[C@@]1(C)CO1. The molecule has 0 aliphatic carbocycles. The predicted octanol–water partition coefficient (Wildman–Crippen LogP) is 2.74. The van der Waals surface area contributed by atoms with Gasteiger partial charge in [0.1, 0.15) is 23.7 Å². The summed E-state index contributed by atoms with van der Waals surface area (Å²) in [7, 11) is 0. The number of carboxylic acid groups (broad SMARTS) is 1. The fraction of sp³-hybridized carbons (Fsp3) is 0.578. The van der Waals surface area contributed by atoms with Gasteiger partial charge in [-0.25, -0.2) is 5.43 Å². The number of amides is 5. The Kier molecular flexibility index (Phi) is 19.3. The highest BCUT2D eigenvalue weighted by atomic mass is 16.6. The van der Waals surface area contributed by atoms with Gasteiger partial charge in [0.2, 0.25) is 29.5 Å². The maximum absolute atomic E-state index is 14.4. The Morgan fingerprint density at radius 3 is 1.85 bits per heavy atom. The molecule has 61 heavy (non-hydrogen) atoms. The van der Waals surface area contributed by atoms with Crippen molar-refractivity contribution in [2.45, 2.75) is 116 Å². The fourth-order valence-electron chi connectivity index (χ4n) is 7.12. The summed E-state index contributed by atoms with van der Waals surface area (Å²) in [6.07, 6.45) is 1.57. The summed E-state index contributed by atoms with van der Waals surface area (Å²) in [5, 5.41) is 25.3. The molecule has 2 aromatic rings. The van der Waals surface area contributed by atoms with Crippen molar-refractivity contribution < 1.29 is 43.3 Å². The summed E-state index contributed by atoms with van der Waals surface area (Å²) < 4.78 is 11.2. The molecule has 2 fully saturated rings. The summed E-state index contributed by atoms with van der Waals surface area (Å²) in [6, 6.07) is 15.1. The van der Waals surface area contributed by atoms with Crippen LogP contribution in [0.2, 0.25) is 0 Å². The molecule has 2 aliphatic rings. The van der Waals surface area contributed by atoms with Gasteiger partial charge < -0.3 is 35.8 Å². The number of aryl methyl sites for hydroxylation is 1. The lowest BCUT2D eigenvalue weighted by Crippen LogP contribution is -2.59. The molecule has 6 N–H and O–H groups in total. The molecular weight excluding hydrogens is 783 g/mol.